The van der Waals surface area contributed by atoms with Crippen molar-refractivity contribution in [1.29, 1.82) is 0 Å². The van der Waals surface area contributed by atoms with Gasteiger partial charge in [-0.3, -0.25) is 9.59 Å². The van der Waals surface area contributed by atoms with Gasteiger partial charge in [0.25, 0.3) is 11.8 Å². The number of hydrogen-bond donors (Lipinski definition) is 2. The van der Waals surface area contributed by atoms with Crippen LogP contribution in [0.4, 0.5) is 10.1 Å². The van der Waals surface area contributed by atoms with Crippen molar-refractivity contribution >= 4 is 46.9 Å². The van der Waals surface area contributed by atoms with Gasteiger partial charge in [-0.15, -0.1) is 0 Å². The highest BCUT2D eigenvalue weighted by molar-refractivity contribution is 6.32. The van der Waals surface area contributed by atoms with Crippen LogP contribution in [0.3, 0.4) is 0 Å². The second-order valence-electron chi connectivity index (χ2n) is 6.55. The van der Waals surface area contributed by atoms with Crippen molar-refractivity contribution in [1.82, 2.24) is 5.43 Å². The Kier molecular flexibility index (Phi) is 8.63. The maximum absolute atomic E-state index is 13.6. The molecule has 0 saturated carbocycles. The van der Waals surface area contributed by atoms with Crippen molar-refractivity contribution in [3.8, 4) is 11.5 Å². The number of benzene rings is 3. The van der Waals surface area contributed by atoms with Gasteiger partial charge in [-0.25, -0.2) is 9.82 Å². The number of nitrogens with zero attached hydrogens (tertiary/aromatic N) is 1. The molecule has 33 heavy (non-hydrogen) atoms. The molecular weight excluding hydrogens is 472 g/mol. The van der Waals surface area contributed by atoms with Gasteiger partial charge in [0, 0.05) is 5.02 Å². The summed E-state index contributed by atoms with van der Waals surface area (Å²) in [5, 5.41) is 6.99. The largest absolute Gasteiger partial charge is 0.484 e. The first kappa shape index (κ1) is 24.0. The molecule has 0 heterocycles. The molecular formula is C23H18Cl2FN3O4. The Labute approximate surface area is 199 Å². The van der Waals surface area contributed by atoms with E-state index in [9.17, 15) is 14.0 Å². The number of carbonyl (C=O) groups is 2. The molecule has 0 fully saturated rings. The number of nitrogens with one attached hydrogen (secondary N) is 2. The molecule has 0 unspecified atom stereocenters. The van der Waals surface area contributed by atoms with E-state index in [2.05, 4.69) is 15.8 Å². The zero-order valence-electron chi connectivity index (χ0n) is 17.1. The van der Waals surface area contributed by atoms with Crippen LogP contribution < -0.4 is 20.2 Å². The van der Waals surface area contributed by atoms with Crippen LogP contribution in [-0.4, -0.2) is 31.2 Å². The lowest BCUT2D eigenvalue weighted by molar-refractivity contribution is -0.123. The fourth-order valence-corrected chi connectivity index (χ4v) is 2.95. The summed E-state index contributed by atoms with van der Waals surface area (Å²) in [5.41, 5.74) is 2.97. The summed E-state index contributed by atoms with van der Waals surface area (Å²) < 4.78 is 24.3. The number of anilines is 1. The molecule has 0 aliphatic rings. The average Bonchev–Trinajstić information content (AvgIpc) is 2.79. The highest BCUT2D eigenvalue weighted by Gasteiger charge is 2.09. The first-order chi connectivity index (χ1) is 15.9. The molecule has 0 bridgehead atoms. The molecule has 2 amide bonds. The number of amides is 2. The van der Waals surface area contributed by atoms with E-state index in [0.717, 1.165) is 0 Å². The summed E-state index contributed by atoms with van der Waals surface area (Å²) in [6.45, 7) is -0.593. The first-order valence-electron chi connectivity index (χ1n) is 9.58. The van der Waals surface area contributed by atoms with Crippen molar-refractivity contribution < 1.29 is 23.5 Å². The normalized spacial score (nSPS) is 10.6. The maximum atomic E-state index is 13.6. The van der Waals surface area contributed by atoms with Crippen molar-refractivity contribution in [2.24, 2.45) is 5.10 Å². The predicted octanol–water partition coefficient (Wildman–Crippen LogP) is 4.68. The quantitative estimate of drug-likeness (QED) is 0.337. The lowest BCUT2D eigenvalue weighted by atomic mass is 10.2. The molecule has 170 valence electrons. The van der Waals surface area contributed by atoms with Crippen LogP contribution in [0.15, 0.2) is 71.8 Å². The summed E-state index contributed by atoms with van der Waals surface area (Å²) in [4.78, 5) is 23.8. The Morgan fingerprint density at radius 1 is 0.939 bits per heavy atom. The summed E-state index contributed by atoms with van der Waals surface area (Å²) >= 11 is 12.0. The second-order valence-corrected chi connectivity index (χ2v) is 7.39. The lowest BCUT2D eigenvalue weighted by Crippen LogP contribution is -2.24. The van der Waals surface area contributed by atoms with Crippen molar-refractivity contribution in [3.63, 3.8) is 0 Å². The van der Waals surface area contributed by atoms with Crippen LogP contribution in [0, 0.1) is 5.82 Å². The van der Waals surface area contributed by atoms with Crippen LogP contribution in [-0.2, 0) is 9.59 Å². The standard InChI is InChI=1S/C23H18Cl2FN3O4/c24-16-4-3-5-17(11-16)32-14-23(31)29-27-12-15-8-9-21(18(25)10-15)33-13-22(30)28-20-7-2-1-6-19(20)26/h1-12H,13-14H2,(H,28,30)(H,29,31). The number of ether oxygens (including phenoxy) is 2. The molecule has 7 nitrogen and oxygen atoms in total. The second kappa shape index (κ2) is 11.8. The van der Waals surface area contributed by atoms with Crippen LogP contribution >= 0.6 is 23.2 Å². The van der Waals surface area contributed by atoms with Crippen molar-refractivity contribution in [2.75, 3.05) is 18.5 Å². The Hall–Kier alpha value is -3.62. The van der Waals surface area contributed by atoms with Crippen LogP contribution in [0.5, 0.6) is 11.5 Å². The molecule has 0 saturated heterocycles. The molecule has 0 atom stereocenters. The van der Waals surface area contributed by atoms with Gasteiger partial charge in [-0.1, -0.05) is 41.4 Å². The molecule has 3 rings (SSSR count). The van der Waals surface area contributed by atoms with E-state index in [1.165, 1.54) is 24.4 Å². The number of halogens is 3. The van der Waals surface area contributed by atoms with Gasteiger partial charge in [0.05, 0.1) is 16.9 Å². The van der Waals surface area contributed by atoms with Gasteiger partial charge >= 0.3 is 0 Å². The summed E-state index contributed by atoms with van der Waals surface area (Å²) in [5.74, 6) is -0.818. The summed E-state index contributed by atoms with van der Waals surface area (Å²) in [7, 11) is 0. The predicted molar refractivity (Wildman–Crippen MR) is 125 cm³/mol. The first-order valence-corrected chi connectivity index (χ1v) is 10.3. The summed E-state index contributed by atoms with van der Waals surface area (Å²) in [6.07, 6.45) is 1.39. The molecule has 0 radical (unpaired) electrons. The minimum absolute atomic E-state index is 0.0590. The number of hydrazone groups is 1. The van der Waals surface area contributed by atoms with Gasteiger partial charge < -0.3 is 14.8 Å². The minimum Gasteiger partial charge on any atom is -0.484 e. The minimum atomic E-state index is -0.546. The van der Waals surface area contributed by atoms with E-state index in [1.54, 1.807) is 48.5 Å². The van der Waals surface area contributed by atoms with Gasteiger partial charge in [0.2, 0.25) is 0 Å². The topological polar surface area (TPSA) is 89.0 Å². The zero-order chi connectivity index (χ0) is 23.6. The zero-order valence-corrected chi connectivity index (χ0v) is 18.6. The maximum Gasteiger partial charge on any atom is 0.277 e. The smallest absolute Gasteiger partial charge is 0.277 e. The van der Waals surface area contributed by atoms with Gasteiger partial charge in [-0.05, 0) is 54.1 Å². The van der Waals surface area contributed by atoms with Crippen molar-refractivity contribution in [2.45, 2.75) is 0 Å². The molecule has 10 heteroatoms. The molecule has 2 N–H and O–H groups in total. The monoisotopic (exact) mass is 489 g/mol. The Morgan fingerprint density at radius 3 is 2.48 bits per heavy atom. The van der Waals surface area contributed by atoms with Crippen LogP contribution in [0.2, 0.25) is 10.0 Å². The van der Waals surface area contributed by atoms with Crippen molar-refractivity contribution in [3.05, 3.63) is 88.2 Å². The summed E-state index contributed by atoms with van der Waals surface area (Å²) in [6, 6.07) is 17.2. The van der Waals surface area contributed by atoms with Gasteiger partial charge in [0.1, 0.15) is 17.3 Å². The highest BCUT2D eigenvalue weighted by Crippen LogP contribution is 2.25. The third-order valence-corrected chi connectivity index (χ3v) is 4.56. The van der Waals surface area contributed by atoms with Crippen LogP contribution in [0.25, 0.3) is 0 Å². The molecule has 0 spiro atoms. The van der Waals surface area contributed by atoms with E-state index in [0.29, 0.717) is 16.3 Å². The lowest BCUT2D eigenvalue weighted by Gasteiger charge is -2.09. The molecule has 3 aromatic carbocycles. The van der Waals surface area contributed by atoms with Crippen LogP contribution in [0.1, 0.15) is 5.56 Å². The van der Waals surface area contributed by atoms with E-state index in [1.807, 2.05) is 0 Å². The molecule has 0 aliphatic heterocycles. The van der Waals surface area contributed by atoms with E-state index in [-0.39, 0.29) is 29.7 Å². The van der Waals surface area contributed by atoms with Gasteiger partial charge in [-0.2, -0.15) is 5.10 Å². The number of hydrogen-bond acceptors (Lipinski definition) is 5. The molecule has 3 aromatic rings. The number of para-hydroxylation sites is 1. The average molecular weight is 490 g/mol. The Morgan fingerprint density at radius 2 is 1.73 bits per heavy atom. The molecule has 0 aliphatic carbocycles. The fraction of sp³-hybridized carbons (Fsp3) is 0.0870. The fourth-order valence-electron chi connectivity index (χ4n) is 2.52. The third kappa shape index (κ3) is 7.78. The number of rotatable bonds is 9. The van der Waals surface area contributed by atoms with E-state index >= 15 is 0 Å². The highest BCUT2D eigenvalue weighted by atomic mass is 35.5. The van der Waals surface area contributed by atoms with Gasteiger partial charge in [0.15, 0.2) is 13.2 Å². The van der Waals surface area contributed by atoms with E-state index < -0.39 is 17.6 Å². The Balaban J connectivity index is 1.45. The molecule has 0 aromatic heterocycles. The third-order valence-electron chi connectivity index (χ3n) is 4.03. The Bertz CT molecular complexity index is 1170. The SMILES string of the molecule is O=C(COc1cccc(Cl)c1)NN=Cc1ccc(OCC(=O)Nc2ccccc2F)c(Cl)c1. The van der Waals surface area contributed by atoms with E-state index in [4.69, 9.17) is 32.7 Å². The number of carbonyl (C=O) groups excluding carboxylic acids is 2.